The van der Waals surface area contributed by atoms with Gasteiger partial charge in [0.15, 0.2) is 0 Å². The van der Waals surface area contributed by atoms with E-state index in [1.807, 2.05) is 27.1 Å². The fraction of sp³-hybridized carbons (Fsp3) is 0.417. The largest absolute Gasteiger partial charge is 0.480 e. The van der Waals surface area contributed by atoms with Gasteiger partial charge in [-0.25, -0.2) is 0 Å². The summed E-state index contributed by atoms with van der Waals surface area (Å²) in [5.41, 5.74) is 0.757. The third kappa shape index (κ3) is 2.75. The lowest BCUT2D eigenvalue weighted by Gasteiger charge is -2.24. The molecule has 0 saturated heterocycles. The zero-order chi connectivity index (χ0) is 14.0. The van der Waals surface area contributed by atoms with Gasteiger partial charge < -0.3 is 10.1 Å². The molecule has 0 atom stereocenters. The van der Waals surface area contributed by atoms with Crippen molar-refractivity contribution < 1.29 is 9.53 Å². The van der Waals surface area contributed by atoms with Crippen LogP contribution >= 0.6 is 0 Å². The van der Waals surface area contributed by atoms with Crippen molar-refractivity contribution in [3.8, 4) is 5.88 Å². The Labute approximate surface area is 111 Å². The van der Waals surface area contributed by atoms with Gasteiger partial charge in [0.1, 0.15) is 5.69 Å². The SMILES string of the molecule is COc1cc(C(=O)NC(C)(C)c2cnn(C)c2)[nH]n1. The van der Waals surface area contributed by atoms with Gasteiger partial charge in [-0.3, -0.25) is 14.6 Å². The van der Waals surface area contributed by atoms with E-state index in [1.54, 1.807) is 16.9 Å². The number of hydrogen-bond acceptors (Lipinski definition) is 4. The molecule has 2 heterocycles. The number of aromatic nitrogens is 4. The highest BCUT2D eigenvalue weighted by atomic mass is 16.5. The summed E-state index contributed by atoms with van der Waals surface area (Å²) in [6.45, 7) is 3.82. The summed E-state index contributed by atoms with van der Waals surface area (Å²) in [7, 11) is 3.33. The summed E-state index contributed by atoms with van der Waals surface area (Å²) < 4.78 is 6.62. The van der Waals surface area contributed by atoms with Gasteiger partial charge in [-0.15, -0.1) is 5.10 Å². The van der Waals surface area contributed by atoms with E-state index in [-0.39, 0.29) is 5.91 Å². The van der Waals surface area contributed by atoms with E-state index >= 15 is 0 Å². The highest BCUT2D eigenvalue weighted by molar-refractivity contribution is 5.93. The first-order chi connectivity index (χ1) is 8.92. The molecular formula is C12H17N5O2. The predicted octanol–water partition coefficient (Wildman–Crippen LogP) is 0.817. The number of nitrogens with zero attached hydrogens (tertiary/aromatic N) is 3. The number of rotatable bonds is 4. The van der Waals surface area contributed by atoms with Crippen LogP contribution < -0.4 is 10.1 Å². The van der Waals surface area contributed by atoms with Gasteiger partial charge >= 0.3 is 0 Å². The molecule has 0 aromatic carbocycles. The average molecular weight is 263 g/mol. The van der Waals surface area contributed by atoms with Crippen LogP contribution in [0.15, 0.2) is 18.5 Å². The smallest absolute Gasteiger partial charge is 0.270 e. The minimum Gasteiger partial charge on any atom is -0.480 e. The van der Waals surface area contributed by atoms with Crippen molar-refractivity contribution in [3.63, 3.8) is 0 Å². The van der Waals surface area contributed by atoms with Crippen molar-refractivity contribution >= 4 is 5.91 Å². The number of ether oxygens (including phenoxy) is 1. The average Bonchev–Trinajstić information content (AvgIpc) is 2.96. The van der Waals surface area contributed by atoms with E-state index in [0.29, 0.717) is 11.6 Å². The fourth-order valence-electron chi connectivity index (χ4n) is 1.69. The number of aryl methyl sites for hydroxylation is 1. The molecule has 2 N–H and O–H groups in total. The summed E-state index contributed by atoms with van der Waals surface area (Å²) in [6, 6.07) is 1.55. The van der Waals surface area contributed by atoms with Crippen LogP contribution in [0.2, 0.25) is 0 Å². The van der Waals surface area contributed by atoms with Gasteiger partial charge in [0.05, 0.1) is 18.8 Å². The second kappa shape index (κ2) is 4.75. The van der Waals surface area contributed by atoms with Crippen molar-refractivity contribution in [1.29, 1.82) is 0 Å². The second-order valence-electron chi connectivity index (χ2n) is 4.81. The Morgan fingerprint density at radius 2 is 2.26 bits per heavy atom. The maximum atomic E-state index is 12.1. The summed E-state index contributed by atoms with van der Waals surface area (Å²) in [5.74, 6) is 0.133. The molecule has 2 aromatic heterocycles. The molecule has 0 saturated carbocycles. The van der Waals surface area contributed by atoms with Gasteiger partial charge in [0, 0.05) is 24.9 Å². The monoisotopic (exact) mass is 263 g/mol. The maximum Gasteiger partial charge on any atom is 0.270 e. The number of hydrogen-bond donors (Lipinski definition) is 2. The Morgan fingerprint density at radius 3 is 2.79 bits per heavy atom. The van der Waals surface area contributed by atoms with Gasteiger partial charge in [-0.05, 0) is 13.8 Å². The normalized spacial score (nSPS) is 11.4. The molecule has 0 aliphatic heterocycles. The number of carbonyl (C=O) groups is 1. The van der Waals surface area contributed by atoms with Gasteiger partial charge in [0.2, 0.25) is 5.88 Å². The van der Waals surface area contributed by atoms with Crippen LogP contribution in [0, 0.1) is 0 Å². The lowest BCUT2D eigenvalue weighted by Crippen LogP contribution is -2.41. The molecule has 2 aromatic rings. The third-order valence-corrected chi connectivity index (χ3v) is 2.86. The number of H-pyrrole nitrogens is 1. The van der Waals surface area contributed by atoms with Gasteiger partial charge in [-0.2, -0.15) is 5.10 Å². The minimum absolute atomic E-state index is 0.246. The van der Waals surface area contributed by atoms with E-state index in [4.69, 9.17) is 4.74 Å². The third-order valence-electron chi connectivity index (χ3n) is 2.86. The Bertz CT molecular complexity index is 584. The van der Waals surface area contributed by atoms with Crippen molar-refractivity contribution in [3.05, 3.63) is 29.7 Å². The summed E-state index contributed by atoms with van der Waals surface area (Å²) in [6.07, 6.45) is 3.60. The fourth-order valence-corrected chi connectivity index (χ4v) is 1.69. The molecule has 0 fully saturated rings. The van der Waals surface area contributed by atoms with Crippen LogP contribution in [-0.2, 0) is 12.6 Å². The first kappa shape index (κ1) is 13.1. The molecule has 0 radical (unpaired) electrons. The summed E-state index contributed by atoms with van der Waals surface area (Å²) in [5, 5.41) is 13.5. The minimum atomic E-state index is -0.524. The Balaban J connectivity index is 2.13. The van der Waals surface area contributed by atoms with E-state index in [1.165, 1.54) is 7.11 Å². The molecule has 7 heteroatoms. The number of carbonyl (C=O) groups excluding carboxylic acids is 1. The standard InChI is InChI=1S/C12H17N5O2/c1-12(2,8-6-13-17(3)7-8)14-11(18)9-5-10(19-4)16-15-9/h5-7H,1-4H3,(H,14,18)(H,15,16). The highest BCUT2D eigenvalue weighted by Crippen LogP contribution is 2.19. The number of nitrogens with one attached hydrogen (secondary N) is 2. The Morgan fingerprint density at radius 1 is 1.53 bits per heavy atom. The molecule has 0 unspecified atom stereocenters. The second-order valence-corrected chi connectivity index (χ2v) is 4.81. The molecule has 1 amide bonds. The predicted molar refractivity (Wildman–Crippen MR) is 68.8 cm³/mol. The van der Waals surface area contributed by atoms with Crippen LogP contribution in [0.3, 0.4) is 0 Å². The molecule has 0 bridgehead atoms. The van der Waals surface area contributed by atoms with E-state index in [9.17, 15) is 4.79 Å². The lowest BCUT2D eigenvalue weighted by atomic mass is 9.97. The van der Waals surface area contributed by atoms with Crippen LogP contribution in [-0.4, -0.2) is 33.0 Å². The number of aromatic amines is 1. The zero-order valence-electron chi connectivity index (χ0n) is 11.4. The van der Waals surface area contributed by atoms with E-state index in [0.717, 1.165) is 5.56 Å². The summed E-state index contributed by atoms with van der Waals surface area (Å²) >= 11 is 0. The highest BCUT2D eigenvalue weighted by Gasteiger charge is 2.25. The molecule has 0 aliphatic carbocycles. The molecule has 0 spiro atoms. The van der Waals surface area contributed by atoms with E-state index < -0.39 is 5.54 Å². The van der Waals surface area contributed by atoms with Crippen molar-refractivity contribution in [1.82, 2.24) is 25.3 Å². The van der Waals surface area contributed by atoms with Gasteiger partial charge in [0.25, 0.3) is 5.91 Å². The summed E-state index contributed by atoms with van der Waals surface area (Å²) in [4.78, 5) is 12.1. The lowest BCUT2D eigenvalue weighted by molar-refractivity contribution is 0.0907. The van der Waals surface area contributed by atoms with Crippen molar-refractivity contribution in [2.75, 3.05) is 7.11 Å². The first-order valence-electron chi connectivity index (χ1n) is 5.83. The molecule has 19 heavy (non-hydrogen) atoms. The maximum absolute atomic E-state index is 12.1. The topological polar surface area (TPSA) is 84.8 Å². The van der Waals surface area contributed by atoms with E-state index in [2.05, 4.69) is 20.6 Å². The van der Waals surface area contributed by atoms with Crippen LogP contribution in [0.25, 0.3) is 0 Å². The number of methoxy groups -OCH3 is 1. The zero-order valence-corrected chi connectivity index (χ0v) is 11.4. The molecular weight excluding hydrogens is 246 g/mol. The van der Waals surface area contributed by atoms with Crippen LogP contribution in [0.5, 0.6) is 5.88 Å². The quantitative estimate of drug-likeness (QED) is 0.855. The molecule has 102 valence electrons. The molecule has 7 nitrogen and oxygen atoms in total. The van der Waals surface area contributed by atoms with Crippen LogP contribution in [0.4, 0.5) is 0 Å². The Kier molecular flexibility index (Phi) is 3.28. The van der Waals surface area contributed by atoms with Crippen molar-refractivity contribution in [2.45, 2.75) is 19.4 Å². The molecule has 0 aliphatic rings. The Hall–Kier alpha value is -2.31. The first-order valence-corrected chi connectivity index (χ1v) is 5.83. The van der Waals surface area contributed by atoms with Gasteiger partial charge in [-0.1, -0.05) is 0 Å². The molecule has 2 rings (SSSR count). The number of amides is 1. The van der Waals surface area contributed by atoms with Crippen molar-refractivity contribution in [2.24, 2.45) is 7.05 Å². The van der Waals surface area contributed by atoms with Crippen LogP contribution in [0.1, 0.15) is 29.9 Å².